The van der Waals surface area contributed by atoms with Gasteiger partial charge in [0, 0.05) is 18.8 Å². The van der Waals surface area contributed by atoms with Gasteiger partial charge in [-0.3, -0.25) is 4.72 Å². The summed E-state index contributed by atoms with van der Waals surface area (Å²) in [4.78, 5) is 2.29. The fourth-order valence-corrected chi connectivity index (χ4v) is 4.57. The fraction of sp³-hybridized carbons (Fsp3) is 0.375. The number of thiophene rings is 1. The van der Waals surface area contributed by atoms with Gasteiger partial charge in [0.15, 0.2) is 0 Å². The molecule has 1 aliphatic heterocycles. The van der Waals surface area contributed by atoms with E-state index in [1.54, 1.807) is 29.6 Å². The van der Waals surface area contributed by atoms with Crippen LogP contribution in [-0.4, -0.2) is 39.6 Å². The normalized spacial score (nSPS) is 17.1. The zero-order chi connectivity index (χ0) is 16.3. The van der Waals surface area contributed by atoms with Crippen molar-refractivity contribution < 1.29 is 13.2 Å². The third-order valence-electron chi connectivity index (χ3n) is 3.83. The van der Waals surface area contributed by atoms with Gasteiger partial charge < -0.3 is 9.64 Å². The highest BCUT2D eigenvalue weighted by molar-refractivity contribution is 7.94. The zero-order valence-corrected chi connectivity index (χ0v) is 14.6. The van der Waals surface area contributed by atoms with Crippen molar-refractivity contribution in [2.45, 2.75) is 23.2 Å². The van der Waals surface area contributed by atoms with Gasteiger partial charge in [-0.05, 0) is 55.6 Å². The smallest absolute Gasteiger partial charge is 0.271 e. The van der Waals surface area contributed by atoms with E-state index in [4.69, 9.17) is 4.74 Å². The average molecular weight is 352 g/mol. The van der Waals surface area contributed by atoms with Gasteiger partial charge in [0.05, 0.1) is 0 Å². The van der Waals surface area contributed by atoms with Crippen LogP contribution >= 0.6 is 11.3 Å². The number of rotatable bonds is 5. The van der Waals surface area contributed by atoms with Crippen LogP contribution in [0.3, 0.4) is 0 Å². The maximum Gasteiger partial charge on any atom is 0.271 e. The summed E-state index contributed by atoms with van der Waals surface area (Å²) in [6.07, 6.45) is 2.27. The molecule has 2 heterocycles. The number of likely N-dealkylation sites (tertiary alicyclic amines) is 1. The van der Waals surface area contributed by atoms with E-state index in [-0.39, 0.29) is 6.10 Å². The summed E-state index contributed by atoms with van der Waals surface area (Å²) in [5.74, 6) is 0.777. The number of nitrogens with zero attached hydrogens (tertiary/aromatic N) is 1. The number of sulfonamides is 1. The second kappa shape index (κ2) is 6.90. The summed E-state index contributed by atoms with van der Waals surface area (Å²) < 4.78 is 33.2. The van der Waals surface area contributed by atoms with Gasteiger partial charge in [-0.25, -0.2) is 8.42 Å². The second-order valence-corrected chi connectivity index (χ2v) is 8.54. The number of anilines is 1. The van der Waals surface area contributed by atoms with E-state index in [9.17, 15) is 8.42 Å². The lowest BCUT2D eigenvalue weighted by molar-refractivity contribution is 0.114. The largest absolute Gasteiger partial charge is 0.490 e. The Hall–Kier alpha value is -1.57. The first-order chi connectivity index (χ1) is 11.0. The molecule has 2 aromatic rings. The Labute approximate surface area is 140 Å². The van der Waals surface area contributed by atoms with E-state index in [1.807, 2.05) is 12.1 Å². The van der Waals surface area contributed by atoms with Crippen LogP contribution in [0.2, 0.25) is 0 Å². The molecule has 1 aliphatic rings. The van der Waals surface area contributed by atoms with Crippen LogP contribution in [-0.2, 0) is 10.0 Å². The molecule has 0 saturated carbocycles. The minimum atomic E-state index is -3.49. The molecule has 1 saturated heterocycles. The maximum absolute atomic E-state index is 12.2. The van der Waals surface area contributed by atoms with Gasteiger partial charge in [0.1, 0.15) is 16.1 Å². The molecule has 0 spiro atoms. The third kappa shape index (κ3) is 4.25. The molecule has 5 nitrogen and oxygen atoms in total. The van der Waals surface area contributed by atoms with E-state index in [1.165, 1.54) is 11.3 Å². The number of hydrogen-bond donors (Lipinski definition) is 1. The van der Waals surface area contributed by atoms with Crippen LogP contribution in [0, 0.1) is 0 Å². The molecule has 0 unspecified atom stereocenters. The molecule has 23 heavy (non-hydrogen) atoms. The Balaban J connectivity index is 1.61. The Bertz CT molecular complexity index is 719. The van der Waals surface area contributed by atoms with Crippen molar-refractivity contribution in [1.82, 2.24) is 4.90 Å². The molecule has 1 fully saturated rings. The summed E-state index contributed by atoms with van der Waals surface area (Å²) >= 11 is 1.20. The highest BCUT2D eigenvalue weighted by Gasteiger charge is 2.18. The number of hydrogen-bond acceptors (Lipinski definition) is 5. The van der Waals surface area contributed by atoms with Gasteiger partial charge in [0.25, 0.3) is 10.0 Å². The quantitative estimate of drug-likeness (QED) is 0.899. The highest BCUT2D eigenvalue weighted by atomic mass is 32.2. The number of benzene rings is 1. The van der Waals surface area contributed by atoms with Crippen LogP contribution < -0.4 is 9.46 Å². The predicted molar refractivity (Wildman–Crippen MR) is 92.7 cm³/mol. The fourth-order valence-electron chi connectivity index (χ4n) is 2.52. The molecule has 0 bridgehead atoms. The van der Waals surface area contributed by atoms with E-state index < -0.39 is 10.0 Å². The average Bonchev–Trinajstić information content (AvgIpc) is 3.07. The lowest BCUT2D eigenvalue weighted by atomic mass is 10.1. The standard InChI is InChI=1S/C16H20N2O3S2/c1-18-10-8-15(9-11-18)21-14-6-4-13(5-7-14)17-23(19,20)16-3-2-12-22-16/h2-7,12,15,17H,8-11H2,1H3. The van der Waals surface area contributed by atoms with E-state index in [0.29, 0.717) is 9.90 Å². The molecule has 0 amide bonds. The molecule has 0 radical (unpaired) electrons. The molecule has 124 valence electrons. The first kappa shape index (κ1) is 16.3. The summed E-state index contributed by atoms with van der Waals surface area (Å²) in [6, 6.07) is 10.4. The van der Waals surface area contributed by atoms with Crippen molar-refractivity contribution in [3.63, 3.8) is 0 Å². The Morgan fingerprint density at radius 1 is 1.17 bits per heavy atom. The van der Waals surface area contributed by atoms with Crippen molar-refractivity contribution in [2.75, 3.05) is 24.9 Å². The monoisotopic (exact) mass is 352 g/mol. The summed E-state index contributed by atoms with van der Waals surface area (Å²) in [6.45, 7) is 2.09. The van der Waals surface area contributed by atoms with Crippen molar-refractivity contribution in [2.24, 2.45) is 0 Å². The maximum atomic E-state index is 12.2. The summed E-state index contributed by atoms with van der Waals surface area (Å²) in [5, 5.41) is 1.74. The Morgan fingerprint density at radius 2 is 1.87 bits per heavy atom. The Morgan fingerprint density at radius 3 is 2.48 bits per heavy atom. The molecule has 0 aliphatic carbocycles. The first-order valence-corrected chi connectivity index (χ1v) is 9.91. The van der Waals surface area contributed by atoms with Crippen LogP contribution in [0.15, 0.2) is 46.0 Å². The van der Waals surface area contributed by atoms with Gasteiger partial charge in [-0.1, -0.05) is 6.07 Å². The molecule has 1 aromatic heterocycles. The second-order valence-electron chi connectivity index (χ2n) is 5.68. The molecule has 7 heteroatoms. The van der Waals surface area contributed by atoms with Crippen LogP contribution in [0.1, 0.15) is 12.8 Å². The number of ether oxygens (including phenoxy) is 1. The lowest BCUT2D eigenvalue weighted by Gasteiger charge is -2.29. The number of piperidine rings is 1. The molecule has 1 aromatic carbocycles. The third-order valence-corrected chi connectivity index (χ3v) is 6.61. The van der Waals surface area contributed by atoms with Crippen LogP contribution in [0.4, 0.5) is 5.69 Å². The van der Waals surface area contributed by atoms with E-state index in [2.05, 4.69) is 16.7 Å². The van der Waals surface area contributed by atoms with Gasteiger partial charge in [-0.2, -0.15) is 0 Å². The SMILES string of the molecule is CN1CCC(Oc2ccc(NS(=O)(=O)c3cccs3)cc2)CC1. The van der Waals surface area contributed by atoms with Crippen molar-refractivity contribution in [3.8, 4) is 5.75 Å². The van der Waals surface area contributed by atoms with Crippen LogP contribution in [0.25, 0.3) is 0 Å². The highest BCUT2D eigenvalue weighted by Crippen LogP contribution is 2.23. The number of nitrogens with one attached hydrogen (secondary N) is 1. The molecule has 0 atom stereocenters. The Kier molecular flexibility index (Phi) is 4.89. The minimum Gasteiger partial charge on any atom is -0.490 e. The summed E-state index contributed by atoms with van der Waals surface area (Å²) in [5.41, 5.74) is 0.536. The molecular weight excluding hydrogens is 332 g/mol. The van der Waals surface area contributed by atoms with E-state index >= 15 is 0 Å². The topological polar surface area (TPSA) is 58.6 Å². The first-order valence-electron chi connectivity index (χ1n) is 7.54. The van der Waals surface area contributed by atoms with E-state index in [0.717, 1.165) is 31.7 Å². The predicted octanol–water partition coefficient (Wildman–Crippen LogP) is 3.02. The van der Waals surface area contributed by atoms with Crippen molar-refractivity contribution in [3.05, 3.63) is 41.8 Å². The van der Waals surface area contributed by atoms with Crippen molar-refractivity contribution >= 4 is 27.0 Å². The van der Waals surface area contributed by atoms with Crippen molar-refractivity contribution in [1.29, 1.82) is 0 Å². The summed E-state index contributed by atoms with van der Waals surface area (Å²) in [7, 11) is -1.38. The van der Waals surface area contributed by atoms with Gasteiger partial charge >= 0.3 is 0 Å². The lowest BCUT2D eigenvalue weighted by Crippen LogP contribution is -2.35. The molecule has 3 rings (SSSR count). The zero-order valence-electron chi connectivity index (χ0n) is 12.9. The van der Waals surface area contributed by atoms with Crippen LogP contribution in [0.5, 0.6) is 5.75 Å². The molecular formula is C16H20N2O3S2. The van der Waals surface area contributed by atoms with Gasteiger partial charge in [0.2, 0.25) is 0 Å². The molecule has 1 N–H and O–H groups in total. The minimum absolute atomic E-state index is 0.236. The van der Waals surface area contributed by atoms with Gasteiger partial charge in [-0.15, -0.1) is 11.3 Å².